The molecule has 0 aliphatic rings. The summed E-state index contributed by atoms with van der Waals surface area (Å²) in [6, 6.07) is 11.7. The van der Waals surface area contributed by atoms with Crippen LogP contribution in [0.5, 0.6) is 5.75 Å². The molecule has 0 saturated heterocycles. The van der Waals surface area contributed by atoms with Gasteiger partial charge < -0.3 is 5.11 Å². The predicted molar refractivity (Wildman–Crippen MR) is 138 cm³/mol. The first-order valence-electron chi connectivity index (χ1n) is 10.4. The van der Waals surface area contributed by atoms with Crippen LogP contribution in [0.4, 0.5) is 28.3 Å². The van der Waals surface area contributed by atoms with Gasteiger partial charge in [0.1, 0.15) is 21.5 Å². The number of fused-ring (bicyclic) bond motifs is 1. The van der Waals surface area contributed by atoms with E-state index in [4.69, 9.17) is 11.6 Å². The number of anilines is 2. The zero-order chi connectivity index (χ0) is 28.0. The maximum atomic E-state index is 13.9. The van der Waals surface area contributed by atoms with E-state index in [1.54, 1.807) is 24.3 Å². The molecule has 0 bridgehead atoms. The highest BCUT2D eigenvalue weighted by molar-refractivity contribution is 7.93. The fourth-order valence-electron chi connectivity index (χ4n) is 3.61. The van der Waals surface area contributed by atoms with Gasteiger partial charge in [-0.3, -0.25) is 9.03 Å². The average Bonchev–Trinajstić information content (AvgIpc) is 3.12. The van der Waals surface area contributed by atoms with Gasteiger partial charge in [-0.05, 0) is 35.9 Å². The van der Waals surface area contributed by atoms with Crippen LogP contribution in [0, 0.1) is 5.82 Å². The molecule has 2 N–H and O–H groups in total. The summed E-state index contributed by atoms with van der Waals surface area (Å²) in [4.78, 5) is -0.664. The largest absolute Gasteiger partial charge is 0.506 e. The molecule has 4 aromatic rings. The van der Waals surface area contributed by atoms with Crippen LogP contribution < -0.4 is 9.03 Å². The molecule has 0 atom stereocenters. The summed E-state index contributed by atoms with van der Waals surface area (Å²) in [7, 11) is -8.46. The van der Waals surface area contributed by atoms with E-state index in [-0.39, 0.29) is 21.3 Å². The summed E-state index contributed by atoms with van der Waals surface area (Å²) in [5.41, 5.74) is -1.90. The Bertz CT molecular complexity index is 1760. The third-order valence-corrected chi connectivity index (χ3v) is 9.44. The number of alkyl halides is 3. The first kappa shape index (κ1) is 28.0. The highest BCUT2D eigenvalue weighted by Gasteiger charge is 2.36. The summed E-state index contributed by atoms with van der Waals surface area (Å²) in [6.45, 7) is -0.693. The average molecular weight is 609 g/mol. The second-order valence-electron chi connectivity index (χ2n) is 8.10. The fourth-order valence-corrected chi connectivity index (χ4v) is 7.49. The van der Waals surface area contributed by atoms with Crippen LogP contribution in [0.25, 0.3) is 10.1 Å². The van der Waals surface area contributed by atoms with E-state index in [1.165, 1.54) is 0 Å². The molecule has 0 saturated carbocycles. The van der Waals surface area contributed by atoms with Crippen molar-refractivity contribution in [2.45, 2.75) is 17.6 Å². The Morgan fingerprint density at radius 3 is 2.32 bits per heavy atom. The summed E-state index contributed by atoms with van der Waals surface area (Å²) < 4.78 is 108. The zero-order valence-electron chi connectivity index (χ0n) is 19.1. The van der Waals surface area contributed by atoms with Gasteiger partial charge in [0.2, 0.25) is 10.0 Å². The maximum absolute atomic E-state index is 13.9. The number of sulfonamides is 2. The molecule has 0 unspecified atom stereocenters. The molecule has 0 radical (unpaired) electrons. The Morgan fingerprint density at radius 2 is 1.71 bits per heavy atom. The van der Waals surface area contributed by atoms with E-state index in [9.17, 15) is 39.5 Å². The van der Waals surface area contributed by atoms with Crippen LogP contribution >= 0.6 is 22.9 Å². The van der Waals surface area contributed by atoms with Gasteiger partial charge in [0.15, 0.2) is 0 Å². The fraction of sp³-hybridized carbons (Fsp3) is 0.130. The molecule has 0 fully saturated rings. The lowest BCUT2D eigenvalue weighted by molar-refractivity contribution is -0.140. The molecular weight excluding hydrogens is 592 g/mol. The normalized spacial score (nSPS) is 12.6. The minimum Gasteiger partial charge on any atom is -0.506 e. The van der Waals surface area contributed by atoms with E-state index in [0.717, 1.165) is 41.9 Å². The maximum Gasteiger partial charge on any atom is 0.419 e. The van der Waals surface area contributed by atoms with Gasteiger partial charge in [0.25, 0.3) is 10.0 Å². The van der Waals surface area contributed by atoms with E-state index in [2.05, 4.69) is 4.72 Å². The van der Waals surface area contributed by atoms with Gasteiger partial charge in [0, 0.05) is 16.2 Å². The van der Waals surface area contributed by atoms with Crippen molar-refractivity contribution in [3.63, 3.8) is 0 Å². The smallest absolute Gasteiger partial charge is 0.419 e. The van der Waals surface area contributed by atoms with E-state index in [1.807, 2.05) is 0 Å². The molecule has 4 rings (SSSR count). The first-order chi connectivity index (χ1) is 17.6. The molecule has 0 spiro atoms. The monoisotopic (exact) mass is 608 g/mol. The number of hydrogen-bond donors (Lipinski definition) is 2. The van der Waals surface area contributed by atoms with Crippen molar-refractivity contribution in [1.29, 1.82) is 0 Å². The third kappa shape index (κ3) is 5.67. The van der Waals surface area contributed by atoms with Crippen molar-refractivity contribution in [3.05, 3.63) is 82.6 Å². The second-order valence-corrected chi connectivity index (χ2v) is 13.1. The van der Waals surface area contributed by atoms with Gasteiger partial charge in [-0.2, -0.15) is 13.2 Å². The number of phenolic OH excluding ortho intramolecular Hbond substituents is 1. The van der Waals surface area contributed by atoms with Crippen LogP contribution in [0.1, 0.15) is 11.1 Å². The SMILES string of the molecule is CS(=O)(=O)Nc1ccc(S(=O)(=O)N(Cc2ccc(F)c(C(F)(F)F)c2)c2sc3ccccc3c2Cl)c(O)c1. The van der Waals surface area contributed by atoms with Gasteiger partial charge >= 0.3 is 6.18 Å². The van der Waals surface area contributed by atoms with Gasteiger partial charge in [-0.15, -0.1) is 11.3 Å². The summed E-state index contributed by atoms with van der Waals surface area (Å²) in [5, 5.41) is 11.0. The topological polar surface area (TPSA) is 104 Å². The van der Waals surface area contributed by atoms with Crippen LogP contribution in [-0.2, 0) is 32.8 Å². The number of phenols is 1. The molecular formula is C23H17ClF4N2O5S3. The lowest BCUT2D eigenvalue weighted by Crippen LogP contribution is -2.30. The molecule has 0 aliphatic carbocycles. The Kier molecular flexibility index (Phi) is 7.29. The quantitative estimate of drug-likeness (QED) is 0.244. The molecule has 1 heterocycles. The van der Waals surface area contributed by atoms with Crippen molar-refractivity contribution in [3.8, 4) is 5.75 Å². The highest BCUT2D eigenvalue weighted by atomic mass is 35.5. The number of hydrogen-bond acceptors (Lipinski definition) is 6. The van der Waals surface area contributed by atoms with Crippen molar-refractivity contribution in [2.24, 2.45) is 0 Å². The molecule has 1 aromatic heterocycles. The molecule has 0 amide bonds. The summed E-state index contributed by atoms with van der Waals surface area (Å²) in [5.74, 6) is -2.35. The van der Waals surface area contributed by atoms with Gasteiger partial charge in [-0.25, -0.2) is 21.2 Å². The van der Waals surface area contributed by atoms with Crippen molar-refractivity contribution < 1.29 is 39.5 Å². The first-order valence-corrected chi connectivity index (χ1v) is 15.0. The number of halogens is 5. The van der Waals surface area contributed by atoms with Crippen LogP contribution in [0.2, 0.25) is 5.02 Å². The third-order valence-electron chi connectivity index (χ3n) is 5.24. The molecule has 0 aliphatic heterocycles. The van der Waals surface area contributed by atoms with E-state index in [0.29, 0.717) is 26.5 Å². The number of aromatic hydroxyl groups is 1. The Labute approximate surface area is 224 Å². The lowest BCUT2D eigenvalue weighted by atomic mass is 10.1. The number of rotatable bonds is 7. The van der Waals surface area contributed by atoms with Crippen molar-refractivity contribution in [1.82, 2.24) is 0 Å². The number of benzene rings is 3. The lowest BCUT2D eigenvalue weighted by Gasteiger charge is -2.24. The summed E-state index contributed by atoms with van der Waals surface area (Å²) in [6.07, 6.45) is -4.17. The predicted octanol–water partition coefficient (Wildman–Crippen LogP) is 6.19. The highest BCUT2D eigenvalue weighted by Crippen LogP contribution is 2.45. The van der Waals surface area contributed by atoms with Crippen molar-refractivity contribution >= 4 is 63.8 Å². The van der Waals surface area contributed by atoms with Crippen LogP contribution in [0.15, 0.2) is 65.6 Å². The van der Waals surface area contributed by atoms with Crippen LogP contribution in [-0.4, -0.2) is 28.2 Å². The van der Waals surface area contributed by atoms with Crippen molar-refractivity contribution in [2.75, 3.05) is 15.3 Å². The molecule has 202 valence electrons. The summed E-state index contributed by atoms with van der Waals surface area (Å²) >= 11 is 7.45. The number of nitrogens with zero attached hydrogens (tertiary/aromatic N) is 1. The molecule has 15 heteroatoms. The van der Waals surface area contributed by atoms with E-state index >= 15 is 0 Å². The number of nitrogens with one attached hydrogen (secondary N) is 1. The van der Waals surface area contributed by atoms with Crippen LogP contribution in [0.3, 0.4) is 0 Å². The van der Waals surface area contributed by atoms with E-state index < -0.39 is 54.8 Å². The molecule has 7 nitrogen and oxygen atoms in total. The zero-order valence-corrected chi connectivity index (χ0v) is 22.3. The molecule has 38 heavy (non-hydrogen) atoms. The minimum atomic E-state index is -5.03. The van der Waals surface area contributed by atoms with Gasteiger partial charge in [-0.1, -0.05) is 35.9 Å². The number of thiophene rings is 1. The minimum absolute atomic E-state index is 0.00202. The Hall–Kier alpha value is -3.07. The Morgan fingerprint density at radius 1 is 1.03 bits per heavy atom. The van der Waals surface area contributed by atoms with Gasteiger partial charge in [0.05, 0.1) is 29.1 Å². The standard InChI is InChI=1S/C23H17ClF4N2O5S3/c1-37(32,33)29-14-7-9-20(18(31)11-14)38(34,35)30(22-21(24)15-4-2-3-5-19(15)36-22)12-13-6-8-17(25)16(10-13)23(26,27)28/h2-11,29,31H,12H2,1H3. The second kappa shape index (κ2) is 9.91. The molecule has 3 aromatic carbocycles. The Balaban J connectivity index is 1.88.